The molecular formula is C32H38N6O. The molecule has 7 nitrogen and oxygen atoms in total. The Morgan fingerprint density at radius 1 is 0.846 bits per heavy atom. The van der Waals surface area contributed by atoms with E-state index in [4.69, 9.17) is 4.74 Å². The van der Waals surface area contributed by atoms with Gasteiger partial charge in [0.2, 0.25) is 0 Å². The van der Waals surface area contributed by atoms with Crippen LogP contribution < -0.4 is 0 Å². The molecule has 5 rings (SSSR count). The number of benzene rings is 3. The van der Waals surface area contributed by atoms with Gasteiger partial charge >= 0.3 is 0 Å². The molecule has 2 heterocycles. The minimum atomic E-state index is -0.0307. The van der Waals surface area contributed by atoms with E-state index in [0.717, 1.165) is 61.8 Å². The monoisotopic (exact) mass is 522 g/mol. The van der Waals surface area contributed by atoms with Gasteiger partial charge in [-0.3, -0.25) is 9.80 Å². The van der Waals surface area contributed by atoms with E-state index in [-0.39, 0.29) is 6.04 Å². The Hall–Kier alpha value is -3.65. The summed E-state index contributed by atoms with van der Waals surface area (Å²) in [7, 11) is 0. The highest BCUT2D eigenvalue weighted by Crippen LogP contribution is 2.26. The first-order valence-electron chi connectivity index (χ1n) is 13.8. The second kappa shape index (κ2) is 13.4. The van der Waals surface area contributed by atoms with Gasteiger partial charge in [0.15, 0.2) is 5.82 Å². The van der Waals surface area contributed by atoms with Gasteiger partial charge in [-0.05, 0) is 52.9 Å². The van der Waals surface area contributed by atoms with Gasteiger partial charge in [-0.15, -0.1) is 5.10 Å². The lowest BCUT2D eigenvalue weighted by molar-refractivity contribution is 0.0297. The minimum absolute atomic E-state index is 0.0307. The number of ether oxygens (including phenoxy) is 1. The van der Waals surface area contributed by atoms with Crippen LogP contribution in [0.3, 0.4) is 0 Å². The summed E-state index contributed by atoms with van der Waals surface area (Å²) in [6.45, 7) is 10.2. The fourth-order valence-electron chi connectivity index (χ4n) is 5.23. The maximum Gasteiger partial charge on any atom is 0.176 e. The molecule has 39 heavy (non-hydrogen) atoms. The van der Waals surface area contributed by atoms with Gasteiger partial charge in [-0.1, -0.05) is 91.0 Å². The van der Waals surface area contributed by atoms with Crippen molar-refractivity contribution >= 4 is 6.08 Å². The molecule has 1 atom stereocenters. The van der Waals surface area contributed by atoms with E-state index in [0.29, 0.717) is 13.2 Å². The van der Waals surface area contributed by atoms with Crippen LogP contribution in [-0.4, -0.2) is 75.9 Å². The Morgan fingerprint density at radius 2 is 1.54 bits per heavy atom. The molecule has 0 unspecified atom stereocenters. The standard InChI is InChI=1S/C32H38N6O/c1-26-11-9-12-27(2)31(26)38-32(33-34-35-38)30(25-39-24-18-29-15-7-4-8-16-29)37-22-20-36(21-23-37)19-10-17-28-13-5-3-6-14-28/h3-17,30H,18-25H2,1-2H3/b17-10+/t30-/m0/s1. The summed E-state index contributed by atoms with van der Waals surface area (Å²) < 4.78 is 8.21. The number of aromatic nitrogens is 4. The molecule has 202 valence electrons. The van der Waals surface area contributed by atoms with Gasteiger partial charge in [0.05, 0.1) is 24.9 Å². The van der Waals surface area contributed by atoms with Crippen molar-refractivity contribution in [1.29, 1.82) is 0 Å². The average Bonchev–Trinajstić information content (AvgIpc) is 3.44. The van der Waals surface area contributed by atoms with Crippen LogP contribution in [0.2, 0.25) is 0 Å². The predicted octanol–water partition coefficient (Wildman–Crippen LogP) is 4.91. The number of nitrogens with zero attached hydrogens (tertiary/aromatic N) is 6. The number of hydrogen-bond donors (Lipinski definition) is 0. The molecule has 1 saturated heterocycles. The lowest BCUT2D eigenvalue weighted by Crippen LogP contribution is -2.49. The van der Waals surface area contributed by atoms with Crippen molar-refractivity contribution in [2.75, 3.05) is 45.9 Å². The third kappa shape index (κ3) is 7.06. The molecule has 0 saturated carbocycles. The van der Waals surface area contributed by atoms with Crippen LogP contribution in [0.15, 0.2) is 84.9 Å². The Labute approximate surface area is 231 Å². The Balaban J connectivity index is 1.28. The molecule has 0 radical (unpaired) electrons. The molecule has 0 spiro atoms. The van der Waals surface area contributed by atoms with E-state index < -0.39 is 0 Å². The number of hydrogen-bond acceptors (Lipinski definition) is 6. The van der Waals surface area contributed by atoms with Crippen molar-refractivity contribution in [1.82, 2.24) is 30.0 Å². The molecule has 1 aliphatic heterocycles. The van der Waals surface area contributed by atoms with Crippen molar-refractivity contribution in [2.24, 2.45) is 0 Å². The zero-order chi connectivity index (χ0) is 26.9. The molecule has 0 aliphatic carbocycles. The first-order chi connectivity index (χ1) is 19.2. The highest BCUT2D eigenvalue weighted by atomic mass is 16.5. The van der Waals surface area contributed by atoms with Gasteiger partial charge in [-0.2, -0.15) is 4.68 Å². The molecule has 0 amide bonds. The highest BCUT2D eigenvalue weighted by Gasteiger charge is 2.30. The van der Waals surface area contributed by atoms with Crippen molar-refractivity contribution in [2.45, 2.75) is 26.3 Å². The summed E-state index contributed by atoms with van der Waals surface area (Å²) in [6.07, 6.45) is 5.35. The lowest BCUT2D eigenvalue weighted by atomic mass is 10.1. The maximum absolute atomic E-state index is 6.29. The van der Waals surface area contributed by atoms with Crippen LogP contribution in [0.5, 0.6) is 0 Å². The van der Waals surface area contributed by atoms with E-state index in [2.05, 4.69) is 124 Å². The van der Waals surface area contributed by atoms with Gasteiger partial charge < -0.3 is 4.74 Å². The van der Waals surface area contributed by atoms with Crippen LogP contribution in [0.1, 0.15) is 34.1 Å². The summed E-state index contributed by atoms with van der Waals surface area (Å²) in [4.78, 5) is 4.98. The second-order valence-electron chi connectivity index (χ2n) is 10.2. The van der Waals surface area contributed by atoms with Gasteiger partial charge in [0.25, 0.3) is 0 Å². The summed E-state index contributed by atoms with van der Waals surface area (Å²) >= 11 is 0. The molecule has 4 aromatic rings. The molecule has 1 aliphatic rings. The Morgan fingerprint density at radius 3 is 2.26 bits per heavy atom. The summed E-state index contributed by atoms with van der Waals surface area (Å²) in [5.74, 6) is 0.838. The lowest BCUT2D eigenvalue weighted by Gasteiger charge is -2.38. The van der Waals surface area contributed by atoms with E-state index in [9.17, 15) is 0 Å². The Kier molecular flexibility index (Phi) is 9.27. The van der Waals surface area contributed by atoms with Crippen molar-refractivity contribution in [3.8, 4) is 5.69 Å². The van der Waals surface area contributed by atoms with Crippen molar-refractivity contribution in [3.63, 3.8) is 0 Å². The highest BCUT2D eigenvalue weighted by molar-refractivity contribution is 5.49. The van der Waals surface area contributed by atoms with Crippen LogP contribution in [0.25, 0.3) is 11.8 Å². The molecule has 1 fully saturated rings. The molecule has 1 aromatic heterocycles. The predicted molar refractivity (Wildman–Crippen MR) is 156 cm³/mol. The summed E-state index contributed by atoms with van der Waals surface area (Å²) in [5.41, 5.74) is 5.88. The second-order valence-corrected chi connectivity index (χ2v) is 10.2. The van der Waals surface area contributed by atoms with E-state index in [1.54, 1.807) is 0 Å². The number of para-hydroxylation sites is 1. The zero-order valence-corrected chi connectivity index (χ0v) is 23.0. The maximum atomic E-state index is 6.29. The first-order valence-corrected chi connectivity index (χ1v) is 13.8. The van der Waals surface area contributed by atoms with Crippen LogP contribution in [0, 0.1) is 13.8 Å². The zero-order valence-electron chi connectivity index (χ0n) is 23.0. The summed E-state index contributed by atoms with van der Waals surface area (Å²) in [5, 5.41) is 13.1. The van der Waals surface area contributed by atoms with Crippen LogP contribution in [-0.2, 0) is 11.2 Å². The normalized spacial score (nSPS) is 15.6. The van der Waals surface area contributed by atoms with Gasteiger partial charge in [0, 0.05) is 32.7 Å². The average molecular weight is 523 g/mol. The first kappa shape index (κ1) is 26.9. The topological polar surface area (TPSA) is 59.3 Å². The van der Waals surface area contributed by atoms with E-state index in [1.807, 2.05) is 10.7 Å². The SMILES string of the molecule is Cc1cccc(C)c1-n1nnnc1[C@H](COCCc1ccccc1)N1CCN(C/C=C/c2ccccc2)CC1. The minimum Gasteiger partial charge on any atom is -0.379 e. The van der Waals surface area contributed by atoms with Gasteiger partial charge in [-0.25, -0.2) is 0 Å². The van der Waals surface area contributed by atoms with Crippen LogP contribution in [0.4, 0.5) is 0 Å². The number of tetrazole rings is 1. The molecule has 0 bridgehead atoms. The fourth-order valence-corrected chi connectivity index (χ4v) is 5.23. The number of rotatable bonds is 11. The smallest absolute Gasteiger partial charge is 0.176 e. The van der Waals surface area contributed by atoms with Crippen LogP contribution >= 0.6 is 0 Å². The van der Waals surface area contributed by atoms with E-state index in [1.165, 1.54) is 11.1 Å². The fraction of sp³-hybridized carbons (Fsp3) is 0.344. The largest absolute Gasteiger partial charge is 0.379 e. The number of aryl methyl sites for hydroxylation is 2. The van der Waals surface area contributed by atoms with Gasteiger partial charge in [0.1, 0.15) is 0 Å². The summed E-state index contributed by atoms with van der Waals surface area (Å²) in [6, 6.07) is 27.2. The van der Waals surface area contributed by atoms with Crippen molar-refractivity contribution < 1.29 is 4.74 Å². The molecule has 0 N–H and O–H groups in total. The quantitative estimate of drug-likeness (QED) is 0.261. The van der Waals surface area contributed by atoms with Crippen molar-refractivity contribution in [3.05, 3.63) is 113 Å². The molecular weight excluding hydrogens is 484 g/mol. The van der Waals surface area contributed by atoms with E-state index >= 15 is 0 Å². The molecule has 7 heteroatoms. The Bertz CT molecular complexity index is 1310. The third-order valence-corrected chi connectivity index (χ3v) is 7.42. The number of piperazine rings is 1. The third-order valence-electron chi connectivity index (χ3n) is 7.42. The molecule has 3 aromatic carbocycles.